The molecule has 1 aromatic heterocycles. The van der Waals surface area contributed by atoms with Crippen molar-refractivity contribution >= 4 is 28.4 Å². The lowest BCUT2D eigenvalue weighted by Gasteiger charge is -2.08. The van der Waals surface area contributed by atoms with Crippen LogP contribution in [0.2, 0.25) is 5.02 Å². The van der Waals surface area contributed by atoms with E-state index < -0.39 is 0 Å². The molecule has 6 heteroatoms. The summed E-state index contributed by atoms with van der Waals surface area (Å²) in [4.78, 5) is 13.0. The number of hydroxylamine groups is 1. The van der Waals surface area contributed by atoms with Gasteiger partial charge in [-0.3, -0.25) is 9.36 Å². The Morgan fingerprint density at radius 2 is 1.96 bits per heavy atom. The first-order chi connectivity index (χ1) is 11.6. The van der Waals surface area contributed by atoms with Crippen LogP contribution in [0.25, 0.3) is 10.9 Å². The molecule has 0 saturated carbocycles. The summed E-state index contributed by atoms with van der Waals surface area (Å²) in [6, 6.07) is 12.3. The van der Waals surface area contributed by atoms with Crippen molar-refractivity contribution in [1.82, 2.24) is 10.0 Å². The standard InChI is InChI=1S/C18H17ClN2O3/c1-11-16(10-20-23)15-9-14(24-2)7-8-17(15)21(11)18(22)12-3-5-13(19)6-4-12/h3-9,20,23H,10H2,1-2H3. The van der Waals surface area contributed by atoms with E-state index in [4.69, 9.17) is 21.5 Å². The summed E-state index contributed by atoms with van der Waals surface area (Å²) in [5.41, 5.74) is 5.08. The van der Waals surface area contributed by atoms with Gasteiger partial charge in [-0.2, -0.15) is 0 Å². The van der Waals surface area contributed by atoms with E-state index in [0.29, 0.717) is 16.3 Å². The third-order valence-corrected chi connectivity index (χ3v) is 4.34. The maximum atomic E-state index is 13.0. The minimum absolute atomic E-state index is 0.150. The van der Waals surface area contributed by atoms with Crippen LogP contribution in [0.5, 0.6) is 5.75 Å². The first-order valence-corrected chi connectivity index (χ1v) is 7.79. The van der Waals surface area contributed by atoms with Crippen molar-refractivity contribution in [2.75, 3.05) is 7.11 Å². The van der Waals surface area contributed by atoms with Gasteiger partial charge in [0.15, 0.2) is 0 Å². The van der Waals surface area contributed by atoms with Crippen LogP contribution in [0.3, 0.4) is 0 Å². The molecule has 0 aliphatic heterocycles. The molecular weight excluding hydrogens is 328 g/mol. The predicted molar refractivity (Wildman–Crippen MR) is 93.0 cm³/mol. The van der Waals surface area contributed by atoms with Crippen LogP contribution >= 0.6 is 11.6 Å². The molecule has 24 heavy (non-hydrogen) atoms. The highest BCUT2D eigenvalue weighted by molar-refractivity contribution is 6.30. The van der Waals surface area contributed by atoms with Crippen LogP contribution in [-0.4, -0.2) is 22.8 Å². The van der Waals surface area contributed by atoms with E-state index in [-0.39, 0.29) is 12.5 Å². The number of halogens is 1. The fourth-order valence-electron chi connectivity index (χ4n) is 2.87. The summed E-state index contributed by atoms with van der Waals surface area (Å²) in [5, 5.41) is 10.6. The van der Waals surface area contributed by atoms with E-state index in [9.17, 15) is 4.79 Å². The quantitative estimate of drug-likeness (QED) is 0.707. The largest absolute Gasteiger partial charge is 0.497 e. The zero-order chi connectivity index (χ0) is 17.3. The summed E-state index contributed by atoms with van der Waals surface area (Å²) in [5.74, 6) is 0.543. The van der Waals surface area contributed by atoms with Crippen molar-refractivity contribution < 1.29 is 14.7 Å². The molecule has 0 aliphatic carbocycles. The normalized spacial score (nSPS) is 11.0. The Morgan fingerprint density at radius 3 is 2.58 bits per heavy atom. The monoisotopic (exact) mass is 344 g/mol. The second kappa shape index (κ2) is 6.65. The first-order valence-electron chi connectivity index (χ1n) is 7.42. The number of carbonyl (C=O) groups is 1. The molecule has 0 unspecified atom stereocenters. The second-order valence-corrected chi connectivity index (χ2v) is 5.87. The van der Waals surface area contributed by atoms with Gasteiger partial charge in [-0.25, -0.2) is 5.48 Å². The zero-order valence-electron chi connectivity index (χ0n) is 13.3. The van der Waals surface area contributed by atoms with E-state index in [1.165, 1.54) is 0 Å². The fourth-order valence-corrected chi connectivity index (χ4v) is 3.00. The minimum atomic E-state index is -0.150. The summed E-state index contributed by atoms with van der Waals surface area (Å²) >= 11 is 5.90. The molecule has 0 spiro atoms. The van der Waals surface area contributed by atoms with Crippen LogP contribution < -0.4 is 10.2 Å². The molecule has 1 heterocycles. The topological polar surface area (TPSA) is 63.5 Å². The number of aromatic nitrogens is 1. The Kier molecular flexibility index (Phi) is 4.57. The third-order valence-electron chi connectivity index (χ3n) is 4.09. The van der Waals surface area contributed by atoms with Crippen LogP contribution in [0, 0.1) is 6.92 Å². The second-order valence-electron chi connectivity index (χ2n) is 5.43. The summed E-state index contributed by atoms with van der Waals surface area (Å²) in [6.45, 7) is 2.09. The van der Waals surface area contributed by atoms with Gasteiger partial charge in [0.05, 0.1) is 12.6 Å². The summed E-state index contributed by atoms with van der Waals surface area (Å²) < 4.78 is 6.91. The van der Waals surface area contributed by atoms with Crippen molar-refractivity contribution in [3.63, 3.8) is 0 Å². The molecule has 0 aliphatic rings. The molecule has 124 valence electrons. The lowest BCUT2D eigenvalue weighted by molar-refractivity contribution is 0.0962. The van der Waals surface area contributed by atoms with Crippen LogP contribution in [0.4, 0.5) is 0 Å². The Labute approximate surface area is 144 Å². The maximum absolute atomic E-state index is 13.0. The van der Waals surface area contributed by atoms with Gasteiger partial charge in [-0.1, -0.05) is 11.6 Å². The molecule has 0 saturated heterocycles. The Morgan fingerprint density at radius 1 is 1.25 bits per heavy atom. The molecule has 0 radical (unpaired) electrons. The van der Waals surface area contributed by atoms with E-state index in [0.717, 1.165) is 22.2 Å². The lowest BCUT2D eigenvalue weighted by Crippen LogP contribution is -2.14. The average Bonchev–Trinajstić information content (AvgIpc) is 2.86. The number of hydrogen-bond acceptors (Lipinski definition) is 4. The van der Waals surface area contributed by atoms with Gasteiger partial charge in [0.1, 0.15) is 5.75 Å². The molecular formula is C18H17ClN2O3. The molecule has 5 nitrogen and oxygen atoms in total. The number of fused-ring (bicyclic) bond motifs is 1. The van der Waals surface area contributed by atoms with Gasteiger partial charge in [-0.15, -0.1) is 0 Å². The first kappa shape index (κ1) is 16.5. The molecule has 0 bridgehead atoms. The number of nitrogens with zero attached hydrogens (tertiary/aromatic N) is 1. The van der Waals surface area contributed by atoms with Crippen LogP contribution in [0.1, 0.15) is 21.6 Å². The van der Waals surface area contributed by atoms with Gasteiger partial charge in [0.25, 0.3) is 5.91 Å². The molecule has 3 aromatic rings. The number of rotatable bonds is 4. The smallest absolute Gasteiger partial charge is 0.262 e. The highest BCUT2D eigenvalue weighted by atomic mass is 35.5. The van der Waals surface area contributed by atoms with Crippen molar-refractivity contribution in [2.24, 2.45) is 0 Å². The van der Waals surface area contributed by atoms with Crippen molar-refractivity contribution in [1.29, 1.82) is 0 Å². The number of methoxy groups -OCH3 is 1. The van der Waals surface area contributed by atoms with Crippen LogP contribution in [0.15, 0.2) is 42.5 Å². The van der Waals surface area contributed by atoms with Gasteiger partial charge >= 0.3 is 0 Å². The molecule has 0 atom stereocenters. The number of nitrogens with one attached hydrogen (secondary N) is 1. The van der Waals surface area contributed by atoms with Crippen molar-refractivity contribution in [3.8, 4) is 5.75 Å². The summed E-state index contributed by atoms with van der Waals surface area (Å²) in [6.07, 6.45) is 0. The van der Waals surface area contributed by atoms with Gasteiger partial charge in [-0.05, 0) is 55.0 Å². The third kappa shape index (κ3) is 2.78. The highest BCUT2D eigenvalue weighted by Crippen LogP contribution is 2.30. The van der Waals surface area contributed by atoms with Gasteiger partial charge < -0.3 is 9.94 Å². The van der Waals surface area contributed by atoms with Gasteiger partial charge in [0.2, 0.25) is 0 Å². The predicted octanol–water partition coefficient (Wildman–Crippen LogP) is 3.78. The SMILES string of the molecule is COc1ccc2c(c1)c(CNO)c(C)n2C(=O)c1ccc(Cl)cc1. The number of carbonyl (C=O) groups excluding carboxylic acids is 1. The van der Waals surface area contributed by atoms with Gasteiger partial charge in [0, 0.05) is 28.2 Å². The Balaban J connectivity index is 2.21. The maximum Gasteiger partial charge on any atom is 0.262 e. The molecule has 0 amide bonds. The lowest BCUT2D eigenvalue weighted by atomic mass is 10.1. The minimum Gasteiger partial charge on any atom is -0.497 e. The Hall–Kier alpha value is -2.34. The van der Waals surface area contributed by atoms with Crippen LogP contribution in [-0.2, 0) is 6.54 Å². The number of hydrogen-bond donors (Lipinski definition) is 2. The molecule has 3 rings (SSSR count). The average molecular weight is 345 g/mol. The highest BCUT2D eigenvalue weighted by Gasteiger charge is 2.20. The zero-order valence-corrected chi connectivity index (χ0v) is 14.1. The summed E-state index contributed by atoms with van der Waals surface area (Å²) in [7, 11) is 1.59. The van der Waals surface area contributed by atoms with Crippen molar-refractivity contribution in [2.45, 2.75) is 13.5 Å². The van der Waals surface area contributed by atoms with E-state index in [1.807, 2.05) is 25.1 Å². The van der Waals surface area contributed by atoms with E-state index >= 15 is 0 Å². The Bertz CT molecular complexity index is 901. The number of ether oxygens (including phenoxy) is 1. The molecule has 2 aromatic carbocycles. The van der Waals surface area contributed by atoms with E-state index in [1.54, 1.807) is 35.9 Å². The van der Waals surface area contributed by atoms with E-state index in [2.05, 4.69) is 5.48 Å². The van der Waals surface area contributed by atoms with Crippen molar-refractivity contribution in [3.05, 3.63) is 64.3 Å². The molecule has 2 N–H and O–H groups in total. The fraction of sp³-hybridized carbons (Fsp3) is 0.167. The number of benzene rings is 2. The molecule has 0 fully saturated rings.